The molecule has 16 heavy (non-hydrogen) atoms. The van der Waals surface area contributed by atoms with Crippen molar-refractivity contribution in [2.75, 3.05) is 19.8 Å². The predicted molar refractivity (Wildman–Crippen MR) is 66.5 cm³/mol. The van der Waals surface area contributed by atoms with Crippen LogP contribution in [0, 0.1) is 5.41 Å². The zero-order chi connectivity index (χ0) is 12.2. The van der Waals surface area contributed by atoms with Gasteiger partial charge in [-0.1, -0.05) is 20.8 Å². The largest absolute Gasteiger partial charge is 0.390 e. The molecule has 0 aliphatic carbocycles. The molecule has 0 aromatic heterocycles. The molecule has 96 valence electrons. The van der Waals surface area contributed by atoms with Gasteiger partial charge in [0.15, 0.2) is 0 Å². The lowest BCUT2D eigenvalue weighted by atomic mass is 9.83. The summed E-state index contributed by atoms with van der Waals surface area (Å²) in [6, 6.07) is 0.309. The van der Waals surface area contributed by atoms with E-state index in [-0.39, 0.29) is 0 Å². The summed E-state index contributed by atoms with van der Waals surface area (Å²) in [4.78, 5) is 0. The van der Waals surface area contributed by atoms with Crippen molar-refractivity contribution in [2.24, 2.45) is 5.41 Å². The first-order valence-electron chi connectivity index (χ1n) is 6.32. The van der Waals surface area contributed by atoms with Gasteiger partial charge in [-0.25, -0.2) is 0 Å². The van der Waals surface area contributed by atoms with E-state index < -0.39 is 5.60 Å². The van der Waals surface area contributed by atoms with Gasteiger partial charge < -0.3 is 15.2 Å². The number of rotatable bonds is 4. The molecule has 1 aliphatic rings. The van der Waals surface area contributed by atoms with E-state index in [0.29, 0.717) is 11.5 Å². The van der Waals surface area contributed by atoms with Gasteiger partial charge in [-0.05, 0) is 31.6 Å². The van der Waals surface area contributed by atoms with Crippen LogP contribution in [0.4, 0.5) is 0 Å². The molecule has 0 aromatic carbocycles. The van der Waals surface area contributed by atoms with E-state index in [2.05, 4.69) is 26.1 Å². The van der Waals surface area contributed by atoms with E-state index in [1.807, 2.05) is 6.92 Å². The molecule has 0 spiro atoms. The van der Waals surface area contributed by atoms with Gasteiger partial charge in [0.2, 0.25) is 0 Å². The lowest BCUT2D eigenvalue weighted by Gasteiger charge is -2.33. The lowest BCUT2D eigenvalue weighted by Crippen LogP contribution is -2.46. The quantitative estimate of drug-likeness (QED) is 0.774. The molecule has 0 aromatic rings. The summed E-state index contributed by atoms with van der Waals surface area (Å²) in [5, 5.41) is 13.7. The summed E-state index contributed by atoms with van der Waals surface area (Å²) in [5.74, 6) is 0. The first-order chi connectivity index (χ1) is 7.29. The highest BCUT2D eigenvalue weighted by Gasteiger charge is 2.28. The van der Waals surface area contributed by atoms with E-state index in [9.17, 15) is 5.11 Å². The number of hydrogen-bond acceptors (Lipinski definition) is 3. The average molecular weight is 229 g/mol. The van der Waals surface area contributed by atoms with Crippen LogP contribution >= 0.6 is 0 Å². The van der Waals surface area contributed by atoms with E-state index >= 15 is 0 Å². The Bertz CT molecular complexity index is 202. The van der Waals surface area contributed by atoms with Gasteiger partial charge in [-0.3, -0.25) is 0 Å². The van der Waals surface area contributed by atoms with E-state index in [1.54, 1.807) is 0 Å². The molecule has 1 heterocycles. The van der Waals surface area contributed by atoms with Crippen molar-refractivity contribution in [2.45, 2.75) is 58.6 Å². The normalized spacial score (nSPS) is 26.4. The third-order valence-electron chi connectivity index (χ3n) is 3.10. The monoisotopic (exact) mass is 229 g/mol. The summed E-state index contributed by atoms with van der Waals surface area (Å²) in [5.41, 5.74) is -0.286. The summed E-state index contributed by atoms with van der Waals surface area (Å²) in [6.07, 6.45) is 2.69. The van der Waals surface area contributed by atoms with E-state index in [4.69, 9.17) is 4.74 Å². The molecule has 3 heteroatoms. The van der Waals surface area contributed by atoms with Crippen molar-refractivity contribution in [1.29, 1.82) is 0 Å². The molecule has 0 bridgehead atoms. The first kappa shape index (κ1) is 13.9. The van der Waals surface area contributed by atoms with Crippen molar-refractivity contribution in [3.8, 4) is 0 Å². The van der Waals surface area contributed by atoms with Gasteiger partial charge in [-0.15, -0.1) is 0 Å². The van der Waals surface area contributed by atoms with Crippen LogP contribution in [-0.4, -0.2) is 36.5 Å². The van der Waals surface area contributed by atoms with Gasteiger partial charge >= 0.3 is 0 Å². The molecule has 0 amide bonds. The maximum absolute atomic E-state index is 10.3. The standard InChI is InChI=1S/C13H27NO2/c1-12(2,3)5-6-13(4,15)9-11-10-16-8-7-14-11/h11,14-15H,5-10H2,1-4H3. The number of hydrogen-bond donors (Lipinski definition) is 2. The molecular weight excluding hydrogens is 202 g/mol. The van der Waals surface area contributed by atoms with Crippen molar-refractivity contribution in [3.63, 3.8) is 0 Å². The summed E-state index contributed by atoms with van der Waals surface area (Å²) in [7, 11) is 0. The molecular formula is C13H27NO2. The number of nitrogens with one attached hydrogen (secondary N) is 1. The fourth-order valence-electron chi connectivity index (χ4n) is 2.03. The summed E-state index contributed by atoms with van der Waals surface area (Å²) < 4.78 is 5.40. The van der Waals surface area contributed by atoms with Crippen LogP contribution in [-0.2, 0) is 4.74 Å². The Hall–Kier alpha value is -0.120. The fraction of sp³-hybridized carbons (Fsp3) is 1.00. The number of morpholine rings is 1. The van der Waals surface area contributed by atoms with Crippen molar-refractivity contribution in [1.82, 2.24) is 5.32 Å². The van der Waals surface area contributed by atoms with Gasteiger partial charge in [0.1, 0.15) is 0 Å². The zero-order valence-corrected chi connectivity index (χ0v) is 11.2. The minimum atomic E-state index is -0.578. The molecule has 0 saturated carbocycles. The highest BCUT2D eigenvalue weighted by Crippen LogP contribution is 2.28. The van der Waals surface area contributed by atoms with Crippen LogP contribution in [0.3, 0.4) is 0 Å². The molecule has 1 fully saturated rings. The van der Waals surface area contributed by atoms with Crippen LogP contribution in [0.1, 0.15) is 47.0 Å². The van der Waals surface area contributed by atoms with Gasteiger partial charge in [-0.2, -0.15) is 0 Å². The lowest BCUT2D eigenvalue weighted by molar-refractivity contribution is -0.00522. The van der Waals surface area contributed by atoms with Crippen molar-refractivity contribution < 1.29 is 9.84 Å². The Labute approximate surface area is 99.6 Å². The first-order valence-corrected chi connectivity index (χ1v) is 6.32. The second kappa shape index (κ2) is 5.48. The van der Waals surface area contributed by atoms with E-state index in [1.165, 1.54) is 0 Å². The molecule has 0 radical (unpaired) electrons. The second-order valence-electron chi connectivity index (χ2n) is 6.49. The fourth-order valence-corrected chi connectivity index (χ4v) is 2.03. The van der Waals surface area contributed by atoms with Crippen LogP contribution in [0.5, 0.6) is 0 Å². The Morgan fingerprint density at radius 3 is 2.44 bits per heavy atom. The number of ether oxygens (including phenoxy) is 1. The smallest absolute Gasteiger partial charge is 0.0635 e. The zero-order valence-electron chi connectivity index (χ0n) is 11.2. The van der Waals surface area contributed by atoms with Gasteiger partial charge in [0.05, 0.1) is 18.8 Å². The predicted octanol–water partition coefficient (Wildman–Crippen LogP) is 1.94. The average Bonchev–Trinajstić information content (AvgIpc) is 2.15. The van der Waals surface area contributed by atoms with Crippen molar-refractivity contribution in [3.05, 3.63) is 0 Å². The molecule has 1 saturated heterocycles. The molecule has 2 N–H and O–H groups in total. The molecule has 2 unspecified atom stereocenters. The molecule has 1 aliphatic heterocycles. The topological polar surface area (TPSA) is 41.5 Å². The molecule has 2 atom stereocenters. The maximum atomic E-state index is 10.3. The molecule has 3 nitrogen and oxygen atoms in total. The third-order valence-corrected chi connectivity index (χ3v) is 3.10. The minimum absolute atomic E-state index is 0.292. The maximum Gasteiger partial charge on any atom is 0.0635 e. The SMILES string of the molecule is CC(C)(C)CCC(C)(O)CC1COCCN1. The Morgan fingerprint density at radius 2 is 1.94 bits per heavy atom. The highest BCUT2D eigenvalue weighted by molar-refractivity contribution is 4.83. The van der Waals surface area contributed by atoms with Crippen LogP contribution in [0.2, 0.25) is 0 Å². The number of aliphatic hydroxyl groups is 1. The van der Waals surface area contributed by atoms with Crippen LogP contribution < -0.4 is 5.32 Å². The third kappa shape index (κ3) is 5.83. The Kier molecular flexibility index (Phi) is 4.77. The van der Waals surface area contributed by atoms with Crippen molar-refractivity contribution >= 4 is 0 Å². The van der Waals surface area contributed by atoms with E-state index in [0.717, 1.165) is 39.0 Å². The summed E-state index contributed by atoms with van der Waals surface area (Å²) >= 11 is 0. The van der Waals surface area contributed by atoms with Gasteiger partial charge in [0.25, 0.3) is 0 Å². The Balaban J connectivity index is 2.32. The van der Waals surface area contributed by atoms with Crippen LogP contribution in [0.25, 0.3) is 0 Å². The highest BCUT2D eigenvalue weighted by atomic mass is 16.5. The Morgan fingerprint density at radius 1 is 1.25 bits per heavy atom. The second-order valence-corrected chi connectivity index (χ2v) is 6.49. The van der Waals surface area contributed by atoms with Gasteiger partial charge in [0, 0.05) is 12.6 Å². The molecule has 1 rings (SSSR count). The minimum Gasteiger partial charge on any atom is -0.390 e. The summed E-state index contributed by atoms with van der Waals surface area (Å²) in [6.45, 7) is 11.0. The van der Waals surface area contributed by atoms with Crippen LogP contribution in [0.15, 0.2) is 0 Å².